The van der Waals surface area contributed by atoms with E-state index in [-0.39, 0.29) is 5.82 Å². The fourth-order valence-corrected chi connectivity index (χ4v) is 3.17. The fraction of sp³-hybridized carbons (Fsp3) is 0.444. The number of nitrogens with zero attached hydrogens (tertiary/aromatic N) is 4. The van der Waals surface area contributed by atoms with Crippen LogP contribution in [0.25, 0.3) is 0 Å². The summed E-state index contributed by atoms with van der Waals surface area (Å²) in [5.74, 6) is 0.290. The average Bonchev–Trinajstić information content (AvgIpc) is 3.04. The quantitative estimate of drug-likeness (QED) is 0.781. The van der Waals surface area contributed by atoms with E-state index in [0.717, 1.165) is 31.6 Å². The third kappa shape index (κ3) is 4.87. The SMILES string of the molecule is CN(C)Cc1cncc(Oc2cc(F)c(CN3CCCC3)c(Cl)c2)n1. The number of likely N-dealkylation sites (tertiary alicyclic amines) is 1. The number of rotatable bonds is 6. The van der Waals surface area contributed by atoms with Crippen molar-refractivity contribution in [2.75, 3.05) is 27.2 Å². The number of ether oxygens (including phenoxy) is 1. The van der Waals surface area contributed by atoms with Gasteiger partial charge < -0.3 is 9.64 Å². The predicted molar refractivity (Wildman–Crippen MR) is 95.4 cm³/mol. The zero-order valence-electron chi connectivity index (χ0n) is 14.5. The fourth-order valence-electron chi connectivity index (χ4n) is 2.91. The van der Waals surface area contributed by atoms with Crippen molar-refractivity contribution < 1.29 is 9.13 Å². The molecule has 0 N–H and O–H groups in total. The highest BCUT2D eigenvalue weighted by molar-refractivity contribution is 6.31. The number of hydrogen-bond acceptors (Lipinski definition) is 5. The second-order valence-electron chi connectivity index (χ2n) is 6.54. The molecule has 0 atom stereocenters. The summed E-state index contributed by atoms with van der Waals surface area (Å²) >= 11 is 6.29. The molecule has 7 heteroatoms. The van der Waals surface area contributed by atoms with Crippen molar-refractivity contribution in [3.8, 4) is 11.6 Å². The van der Waals surface area contributed by atoms with Gasteiger partial charge in [-0.15, -0.1) is 0 Å². The second kappa shape index (κ2) is 8.08. The van der Waals surface area contributed by atoms with E-state index in [1.165, 1.54) is 12.3 Å². The highest BCUT2D eigenvalue weighted by atomic mass is 35.5. The van der Waals surface area contributed by atoms with Gasteiger partial charge >= 0.3 is 0 Å². The van der Waals surface area contributed by atoms with Crippen LogP contribution in [0.4, 0.5) is 4.39 Å². The van der Waals surface area contributed by atoms with Crippen molar-refractivity contribution in [2.45, 2.75) is 25.9 Å². The molecule has 134 valence electrons. The number of hydrogen-bond donors (Lipinski definition) is 0. The van der Waals surface area contributed by atoms with Crippen molar-refractivity contribution in [2.24, 2.45) is 0 Å². The Labute approximate surface area is 152 Å². The average molecular weight is 365 g/mol. The normalized spacial score (nSPS) is 15.1. The minimum Gasteiger partial charge on any atom is -0.437 e. The highest BCUT2D eigenvalue weighted by Gasteiger charge is 2.18. The molecule has 0 spiro atoms. The summed E-state index contributed by atoms with van der Waals surface area (Å²) in [7, 11) is 3.90. The van der Waals surface area contributed by atoms with Gasteiger partial charge in [0.05, 0.1) is 16.9 Å². The lowest BCUT2D eigenvalue weighted by Crippen LogP contribution is -2.19. The Morgan fingerprint density at radius 3 is 2.68 bits per heavy atom. The summed E-state index contributed by atoms with van der Waals surface area (Å²) in [5, 5.41) is 0.374. The van der Waals surface area contributed by atoms with Crippen molar-refractivity contribution in [1.82, 2.24) is 19.8 Å². The van der Waals surface area contributed by atoms with E-state index in [1.54, 1.807) is 12.3 Å². The molecule has 1 fully saturated rings. The molecule has 2 heterocycles. The number of benzene rings is 1. The van der Waals surface area contributed by atoms with Gasteiger partial charge in [0.2, 0.25) is 5.88 Å². The lowest BCUT2D eigenvalue weighted by Gasteiger charge is -2.17. The van der Waals surface area contributed by atoms with Gasteiger partial charge in [0.1, 0.15) is 11.6 Å². The molecule has 3 rings (SSSR count). The Balaban J connectivity index is 1.74. The van der Waals surface area contributed by atoms with Gasteiger partial charge in [0.15, 0.2) is 0 Å². The summed E-state index contributed by atoms with van der Waals surface area (Å²) in [4.78, 5) is 12.7. The first-order chi connectivity index (χ1) is 12.0. The molecule has 5 nitrogen and oxygen atoms in total. The summed E-state index contributed by atoms with van der Waals surface area (Å²) in [6, 6.07) is 2.99. The van der Waals surface area contributed by atoms with Crippen LogP contribution in [0.15, 0.2) is 24.5 Å². The lowest BCUT2D eigenvalue weighted by molar-refractivity contribution is 0.325. The molecule has 2 aromatic rings. The second-order valence-corrected chi connectivity index (χ2v) is 6.94. The summed E-state index contributed by atoms with van der Waals surface area (Å²) in [5.41, 5.74) is 1.29. The molecule has 0 bridgehead atoms. The Hall–Kier alpha value is -1.76. The number of aromatic nitrogens is 2. The summed E-state index contributed by atoms with van der Waals surface area (Å²) in [6.07, 6.45) is 5.49. The van der Waals surface area contributed by atoms with Crippen molar-refractivity contribution in [1.29, 1.82) is 0 Å². The van der Waals surface area contributed by atoms with Gasteiger partial charge in [0.25, 0.3) is 0 Å². The topological polar surface area (TPSA) is 41.5 Å². The van der Waals surface area contributed by atoms with Gasteiger partial charge in [-0.2, -0.15) is 0 Å². The van der Waals surface area contributed by atoms with Crippen LogP contribution in [0.1, 0.15) is 24.1 Å². The minimum atomic E-state index is -0.355. The van der Waals surface area contributed by atoms with Crippen molar-refractivity contribution in [3.63, 3.8) is 0 Å². The van der Waals surface area contributed by atoms with Crippen LogP contribution in [-0.2, 0) is 13.1 Å². The lowest BCUT2D eigenvalue weighted by atomic mass is 10.2. The van der Waals surface area contributed by atoms with Gasteiger partial charge in [-0.3, -0.25) is 9.88 Å². The van der Waals surface area contributed by atoms with Crippen LogP contribution >= 0.6 is 11.6 Å². The van der Waals surface area contributed by atoms with E-state index in [2.05, 4.69) is 14.9 Å². The Kier molecular flexibility index (Phi) is 5.83. The molecular formula is C18H22ClFN4O. The van der Waals surface area contributed by atoms with Crippen LogP contribution in [0.2, 0.25) is 5.02 Å². The molecule has 1 aromatic heterocycles. The van der Waals surface area contributed by atoms with Gasteiger partial charge in [-0.1, -0.05) is 11.6 Å². The standard InChI is InChI=1S/C18H22ClFN4O/c1-23(2)11-13-9-21-10-18(22-13)25-14-7-16(19)15(17(20)8-14)12-24-5-3-4-6-24/h7-10H,3-6,11-12H2,1-2H3. The third-order valence-electron chi connectivity index (χ3n) is 4.06. The van der Waals surface area contributed by atoms with Crippen LogP contribution in [0.5, 0.6) is 11.6 Å². The Morgan fingerprint density at radius 1 is 1.24 bits per heavy atom. The smallest absolute Gasteiger partial charge is 0.238 e. The Morgan fingerprint density at radius 2 is 2.00 bits per heavy atom. The maximum Gasteiger partial charge on any atom is 0.238 e. The van der Waals surface area contributed by atoms with E-state index < -0.39 is 0 Å². The van der Waals surface area contributed by atoms with E-state index in [4.69, 9.17) is 16.3 Å². The first kappa shape index (κ1) is 18.0. The number of halogens is 2. The Bertz CT molecular complexity index is 712. The van der Waals surface area contributed by atoms with E-state index in [1.807, 2.05) is 19.0 Å². The molecule has 1 aliphatic heterocycles. The van der Waals surface area contributed by atoms with Crippen LogP contribution < -0.4 is 4.74 Å². The molecule has 0 radical (unpaired) electrons. The van der Waals surface area contributed by atoms with Crippen molar-refractivity contribution >= 4 is 11.6 Å². The zero-order chi connectivity index (χ0) is 17.8. The van der Waals surface area contributed by atoms with Crippen molar-refractivity contribution in [3.05, 3.63) is 46.6 Å². The third-order valence-corrected chi connectivity index (χ3v) is 4.40. The van der Waals surface area contributed by atoms with Gasteiger partial charge in [-0.25, -0.2) is 9.37 Å². The molecule has 0 saturated carbocycles. The first-order valence-corrected chi connectivity index (χ1v) is 8.73. The van der Waals surface area contributed by atoms with E-state index >= 15 is 0 Å². The monoisotopic (exact) mass is 364 g/mol. The maximum absolute atomic E-state index is 14.5. The highest BCUT2D eigenvalue weighted by Crippen LogP contribution is 2.30. The molecule has 1 aromatic carbocycles. The molecule has 0 aliphatic carbocycles. The van der Waals surface area contributed by atoms with E-state index in [9.17, 15) is 4.39 Å². The zero-order valence-corrected chi connectivity index (χ0v) is 15.3. The summed E-state index contributed by atoms with van der Waals surface area (Å²) < 4.78 is 20.1. The molecule has 25 heavy (non-hydrogen) atoms. The largest absolute Gasteiger partial charge is 0.437 e. The van der Waals surface area contributed by atoms with Crippen LogP contribution in [0, 0.1) is 5.82 Å². The maximum atomic E-state index is 14.5. The molecule has 0 unspecified atom stereocenters. The van der Waals surface area contributed by atoms with Gasteiger partial charge in [0, 0.05) is 37.0 Å². The molecule has 0 amide bonds. The molecule has 1 aliphatic rings. The molecular weight excluding hydrogens is 343 g/mol. The molecule has 1 saturated heterocycles. The minimum absolute atomic E-state index is 0.321. The predicted octanol–water partition coefficient (Wildman–Crippen LogP) is 3.72. The van der Waals surface area contributed by atoms with E-state index in [0.29, 0.717) is 35.3 Å². The van der Waals surface area contributed by atoms with Gasteiger partial charge in [-0.05, 0) is 40.0 Å². The van der Waals surface area contributed by atoms with Crippen LogP contribution in [-0.4, -0.2) is 47.0 Å². The summed E-state index contributed by atoms with van der Waals surface area (Å²) in [6.45, 7) is 3.15. The first-order valence-electron chi connectivity index (χ1n) is 8.35. The van der Waals surface area contributed by atoms with Crippen LogP contribution in [0.3, 0.4) is 0 Å².